The average molecular weight is 630 g/mol. The third-order valence-corrected chi connectivity index (χ3v) is 8.58. The van der Waals surface area contributed by atoms with Crippen molar-refractivity contribution < 1.29 is 23.6 Å². The van der Waals surface area contributed by atoms with Crippen LogP contribution in [0.4, 0.5) is 5.69 Å². The molecule has 0 amide bonds. The molecule has 3 heterocycles. The van der Waals surface area contributed by atoms with E-state index in [4.69, 9.17) is 25.5 Å². The van der Waals surface area contributed by atoms with Crippen molar-refractivity contribution in [3.05, 3.63) is 124 Å². The highest BCUT2D eigenvalue weighted by Gasteiger charge is 2.36. The van der Waals surface area contributed by atoms with Gasteiger partial charge in [-0.15, -0.1) is 0 Å². The maximum atomic E-state index is 14.1. The molecule has 0 bridgehead atoms. The molecule has 222 valence electrons. The number of rotatable bonds is 7. The second-order valence-electron chi connectivity index (χ2n) is 9.83. The molecule has 5 aromatic rings. The predicted molar refractivity (Wildman–Crippen MR) is 167 cm³/mol. The van der Waals surface area contributed by atoms with E-state index in [2.05, 4.69) is 4.99 Å². The van der Waals surface area contributed by atoms with Crippen LogP contribution in [-0.4, -0.2) is 29.2 Å². The molecule has 1 aliphatic rings. The van der Waals surface area contributed by atoms with Crippen LogP contribution in [0.3, 0.4) is 0 Å². The average Bonchev–Trinajstić information content (AvgIpc) is 3.59. The Morgan fingerprint density at radius 3 is 2.73 bits per heavy atom. The summed E-state index contributed by atoms with van der Waals surface area (Å²) in [7, 11) is 1.54. The van der Waals surface area contributed by atoms with E-state index in [1.807, 2.05) is 36.4 Å². The summed E-state index contributed by atoms with van der Waals surface area (Å²) in [6, 6.07) is 17.9. The van der Waals surface area contributed by atoms with Gasteiger partial charge in [0.25, 0.3) is 11.2 Å². The molecule has 44 heavy (non-hydrogen) atoms. The fourth-order valence-electron chi connectivity index (χ4n) is 5.32. The van der Waals surface area contributed by atoms with Crippen molar-refractivity contribution in [1.29, 1.82) is 0 Å². The van der Waals surface area contributed by atoms with Gasteiger partial charge in [0.05, 0.1) is 39.5 Å². The third kappa shape index (κ3) is 4.99. The van der Waals surface area contributed by atoms with E-state index in [-0.39, 0.29) is 22.9 Å². The fourth-order valence-corrected chi connectivity index (χ4v) is 6.56. The number of halogens is 1. The zero-order valence-electron chi connectivity index (χ0n) is 23.7. The van der Waals surface area contributed by atoms with Gasteiger partial charge < -0.3 is 13.9 Å². The van der Waals surface area contributed by atoms with Gasteiger partial charge in [-0.05, 0) is 48.9 Å². The zero-order chi connectivity index (χ0) is 31.1. The number of hydrogen-bond donors (Lipinski definition) is 0. The molecule has 0 spiro atoms. The smallest absolute Gasteiger partial charge is 0.338 e. The van der Waals surface area contributed by atoms with E-state index >= 15 is 0 Å². The molecule has 12 heteroatoms. The van der Waals surface area contributed by atoms with Crippen molar-refractivity contribution in [2.45, 2.75) is 19.9 Å². The first-order valence-corrected chi connectivity index (χ1v) is 14.7. The quantitative estimate of drug-likeness (QED) is 0.127. The minimum Gasteiger partial charge on any atom is -0.496 e. The Bertz CT molecular complexity index is 2200. The number of methoxy groups -OCH3 is 1. The van der Waals surface area contributed by atoms with E-state index in [1.165, 1.54) is 22.8 Å². The number of carbonyl (C=O) groups is 1. The minimum atomic E-state index is -0.885. The number of hydrogen-bond acceptors (Lipinski definition) is 9. The number of allylic oxidation sites excluding steroid dienone is 1. The van der Waals surface area contributed by atoms with Crippen LogP contribution >= 0.6 is 22.9 Å². The minimum absolute atomic E-state index is 0.132. The Morgan fingerprint density at radius 1 is 1.18 bits per heavy atom. The summed E-state index contributed by atoms with van der Waals surface area (Å²) in [5, 5.41) is 13.3. The second-order valence-corrected chi connectivity index (χ2v) is 11.2. The third-order valence-electron chi connectivity index (χ3n) is 7.27. The van der Waals surface area contributed by atoms with Crippen LogP contribution in [0.25, 0.3) is 28.2 Å². The standard InChI is InChI=1S/C32H24ClN3O7S/c1-4-42-31(38)27-17(2)34-32-35(29(27)28-21-8-6-5-7-18(21)9-13-25(28)41-3)30(37)26(44-32)16-20-11-14-24(43-20)22-15-19(36(39)40)10-12-23(22)33/h5-16,29H,4H2,1-3H3/b26-16+/t29-/m0/s1. The normalized spacial score (nSPS) is 14.8. The number of esters is 1. The van der Waals surface area contributed by atoms with Crippen molar-refractivity contribution >= 4 is 51.4 Å². The van der Waals surface area contributed by atoms with Gasteiger partial charge in [-0.3, -0.25) is 19.5 Å². The van der Waals surface area contributed by atoms with Gasteiger partial charge in [0, 0.05) is 29.3 Å². The van der Waals surface area contributed by atoms with Crippen LogP contribution in [0.2, 0.25) is 5.02 Å². The zero-order valence-corrected chi connectivity index (χ0v) is 25.3. The lowest BCUT2D eigenvalue weighted by Crippen LogP contribution is -2.40. The predicted octanol–water partition coefficient (Wildman–Crippen LogP) is 5.78. The summed E-state index contributed by atoms with van der Waals surface area (Å²) in [4.78, 5) is 43.4. The van der Waals surface area contributed by atoms with E-state index in [9.17, 15) is 19.7 Å². The van der Waals surface area contributed by atoms with Gasteiger partial charge in [0.1, 0.15) is 23.3 Å². The SMILES string of the molecule is CCOC(=O)C1=C(C)N=c2s/c(=C/c3ccc(-c4cc([N+](=O)[O-])ccc4Cl)o3)c(=O)n2[C@@H]1c1c(OC)ccc2ccccc12. The number of nitro benzene ring substituents is 1. The summed E-state index contributed by atoms with van der Waals surface area (Å²) in [6.07, 6.45) is 1.57. The molecular weight excluding hydrogens is 606 g/mol. The van der Waals surface area contributed by atoms with Gasteiger partial charge in [0.15, 0.2) is 4.80 Å². The van der Waals surface area contributed by atoms with Crippen LogP contribution in [0.1, 0.15) is 31.2 Å². The number of carbonyl (C=O) groups excluding carboxylic acids is 1. The van der Waals surface area contributed by atoms with Crippen molar-refractivity contribution in [1.82, 2.24) is 4.57 Å². The lowest BCUT2D eigenvalue weighted by molar-refractivity contribution is -0.384. The highest BCUT2D eigenvalue weighted by Crippen LogP contribution is 2.40. The number of nitrogens with zero attached hydrogens (tertiary/aromatic N) is 3. The number of nitro groups is 1. The van der Waals surface area contributed by atoms with E-state index in [1.54, 1.807) is 39.2 Å². The molecule has 0 unspecified atom stereocenters. The summed E-state index contributed by atoms with van der Waals surface area (Å²) in [5.74, 6) is 0.557. The van der Waals surface area contributed by atoms with Crippen LogP contribution in [-0.2, 0) is 9.53 Å². The second kappa shape index (κ2) is 11.6. The molecule has 0 radical (unpaired) electrons. The molecule has 2 aromatic heterocycles. The lowest BCUT2D eigenvalue weighted by Gasteiger charge is -2.27. The molecular formula is C32H24ClN3O7S. The number of aromatic nitrogens is 1. The summed E-state index contributed by atoms with van der Waals surface area (Å²) < 4.78 is 19.0. The maximum Gasteiger partial charge on any atom is 0.338 e. The maximum absolute atomic E-state index is 14.1. The van der Waals surface area contributed by atoms with E-state index < -0.39 is 22.5 Å². The van der Waals surface area contributed by atoms with Gasteiger partial charge in [0.2, 0.25) is 0 Å². The number of fused-ring (bicyclic) bond motifs is 2. The largest absolute Gasteiger partial charge is 0.496 e. The molecule has 10 nitrogen and oxygen atoms in total. The summed E-state index contributed by atoms with van der Waals surface area (Å²) in [6.45, 7) is 3.58. The molecule has 0 saturated carbocycles. The summed E-state index contributed by atoms with van der Waals surface area (Å²) in [5.41, 5.74) is 1.12. The van der Waals surface area contributed by atoms with Gasteiger partial charge >= 0.3 is 5.97 Å². The molecule has 6 rings (SSSR count). The van der Waals surface area contributed by atoms with Gasteiger partial charge in [-0.2, -0.15) is 0 Å². The Kier molecular flexibility index (Phi) is 7.66. The van der Waals surface area contributed by atoms with E-state index in [0.717, 1.165) is 22.1 Å². The first-order chi connectivity index (χ1) is 21.2. The van der Waals surface area contributed by atoms with Crippen LogP contribution in [0, 0.1) is 10.1 Å². The number of benzene rings is 3. The topological polar surface area (TPSA) is 126 Å². The number of non-ortho nitro benzene ring substituents is 1. The Labute approximate surface area is 258 Å². The first kappa shape index (κ1) is 29.1. The molecule has 0 N–H and O–H groups in total. The molecule has 1 aliphatic heterocycles. The highest BCUT2D eigenvalue weighted by molar-refractivity contribution is 7.07. The number of thiazole rings is 1. The van der Waals surface area contributed by atoms with E-state index in [0.29, 0.717) is 43.4 Å². The monoisotopic (exact) mass is 629 g/mol. The van der Waals surface area contributed by atoms with Crippen LogP contribution in [0.5, 0.6) is 5.75 Å². The van der Waals surface area contributed by atoms with Crippen LogP contribution in [0.15, 0.2) is 92.2 Å². The Morgan fingerprint density at radius 2 is 1.98 bits per heavy atom. The molecule has 0 fully saturated rings. The molecule has 0 aliphatic carbocycles. The number of ether oxygens (including phenoxy) is 2. The van der Waals surface area contributed by atoms with Crippen molar-refractivity contribution in [2.24, 2.45) is 4.99 Å². The number of furan rings is 1. The highest BCUT2D eigenvalue weighted by atomic mass is 35.5. The Hall–Kier alpha value is -5.00. The lowest BCUT2D eigenvalue weighted by atomic mass is 9.90. The molecule has 3 aromatic carbocycles. The van der Waals surface area contributed by atoms with Gasteiger partial charge in [-0.1, -0.05) is 53.3 Å². The Balaban J connectivity index is 1.55. The first-order valence-electron chi connectivity index (χ1n) is 13.5. The van der Waals surface area contributed by atoms with Crippen molar-refractivity contribution in [3.63, 3.8) is 0 Å². The van der Waals surface area contributed by atoms with Crippen molar-refractivity contribution in [2.75, 3.05) is 13.7 Å². The van der Waals surface area contributed by atoms with Gasteiger partial charge in [-0.25, -0.2) is 9.79 Å². The van der Waals surface area contributed by atoms with Crippen LogP contribution < -0.4 is 19.6 Å². The van der Waals surface area contributed by atoms with Crippen molar-refractivity contribution in [3.8, 4) is 17.1 Å². The molecule has 0 saturated heterocycles. The summed E-state index contributed by atoms with van der Waals surface area (Å²) >= 11 is 7.45. The fraction of sp³-hybridized carbons (Fsp3) is 0.156. The molecule has 1 atom stereocenters.